The van der Waals surface area contributed by atoms with E-state index in [1.54, 1.807) is 0 Å². The molecule has 1 saturated carbocycles. The zero-order chi connectivity index (χ0) is 18.6. The Balaban J connectivity index is 1.81. The first-order valence-electron chi connectivity index (χ1n) is 8.04. The highest BCUT2D eigenvalue weighted by Crippen LogP contribution is 2.49. The maximum atomic E-state index is 10.7. The van der Waals surface area contributed by atoms with Crippen molar-refractivity contribution in [3.63, 3.8) is 0 Å². The van der Waals surface area contributed by atoms with E-state index in [1.165, 1.54) is 13.0 Å². The predicted octanol–water partition coefficient (Wildman–Crippen LogP) is -3.46. The Bertz CT molecular complexity index is 522. The molecule has 0 aromatic heterocycles. The standard InChI is InChI=1S/C15H24O10/c1-14(21)4-7(17)15(22)2-3-23-13(11(14)15)25-12-10(20)9(19)8(18)6(5-16)24-12/h2-3,6-13,16-22H,4-5H2,1H3/t6-,7?,8-,9+,10-,11?,12?,13?,14+,15?/m1/s1. The molecule has 0 amide bonds. The van der Waals surface area contributed by atoms with Crippen molar-refractivity contribution < 1.29 is 50.0 Å². The molecule has 0 bridgehead atoms. The van der Waals surface area contributed by atoms with Gasteiger partial charge in [-0.1, -0.05) is 0 Å². The van der Waals surface area contributed by atoms with Crippen LogP contribution in [-0.4, -0.2) is 96.7 Å². The highest BCUT2D eigenvalue weighted by Gasteiger charge is 2.64. The monoisotopic (exact) mass is 364 g/mol. The normalized spacial score (nSPS) is 55.7. The van der Waals surface area contributed by atoms with E-state index in [-0.39, 0.29) is 6.42 Å². The third-order valence-electron chi connectivity index (χ3n) is 5.25. The largest absolute Gasteiger partial charge is 0.472 e. The van der Waals surface area contributed by atoms with Gasteiger partial charge in [-0.3, -0.25) is 0 Å². The van der Waals surface area contributed by atoms with Gasteiger partial charge in [-0.2, -0.15) is 0 Å². The molecule has 2 heterocycles. The van der Waals surface area contributed by atoms with Gasteiger partial charge in [0.15, 0.2) is 6.29 Å². The molecular weight excluding hydrogens is 340 g/mol. The molecule has 10 heteroatoms. The molecule has 0 aromatic carbocycles. The van der Waals surface area contributed by atoms with Gasteiger partial charge in [0.2, 0.25) is 6.29 Å². The van der Waals surface area contributed by atoms with Crippen molar-refractivity contribution in [1.82, 2.24) is 0 Å². The van der Waals surface area contributed by atoms with Crippen LogP contribution in [0.5, 0.6) is 0 Å². The molecule has 7 N–H and O–H groups in total. The minimum Gasteiger partial charge on any atom is -0.472 e. The smallest absolute Gasteiger partial charge is 0.210 e. The lowest BCUT2D eigenvalue weighted by molar-refractivity contribution is -0.351. The fraction of sp³-hybridized carbons (Fsp3) is 0.867. The Morgan fingerprint density at radius 3 is 2.40 bits per heavy atom. The van der Waals surface area contributed by atoms with Crippen molar-refractivity contribution >= 4 is 0 Å². The molecule has 0 spiro atoms. The first-order valence-corrected chi connectivity index (χ1v) is 8.04. The molecule has 2 fully saturated rings. The zero-order valence-electron chi connectivity index (χ0n) is 13.5. The number of hydrogen-bond donors (Lipinski definition) is 7. The minimum atomic E-state index is -1.81. The molecule has 1 aliphatic carbocycles. The number of hydrogen-bond acceptors (Lipinski definition) is 10. The molecule has 144 valence electrons. The Kier molecular flexibility index (Phi) is 4.86. The van der Waals surface area contributed by atoms with Crippen LogP contribution in [0.4, 0.5) is 0 Å². The van der Waals surface area contributed by atoms with E-state index in [9.17, 15) is 35.7 Å². The summed E-state index contributed by atoms with van der Waals surface area (Å²) < 4.78 is 16.0. The summed E-state index contributed by atoms with van der Waals surface area (Å²) in [4.78, 5) is 0. The fourth-order valence-electron chi connectivity index (χ4n) is 3.84. The molecule has 3 aliphatic rings. The summed E-state index contributed by atoms with van der Waals surface area (Å²) in [6.07, 6.45) is -7.87. The van der Waals surface area contributed by atoms with Crippen LogP contribution < -0.4 is 0 Å². The van der Waals surface area contributed by atoms with Crippen LogP contribution in [0.25, 0.3) is 0 Å². The average Bonchev–Trinajstić information content (AvgIpc) is 2.73. The fourth-order valence-corrected chi connectivity index (χ4v) is 3.84. The van der Waals surface area contributed by atoms with E-state index in [4.69, 9.17) is 14.2 Å². The van der Waals surface area contributed by atoms with Gasteiger partial charge in [0.25, 0.3) is 0 Å². The minimum absolute atomic E-state index is 0.129. The second kappa shape index (κ2) is 6.41. The highest BCUT2D eigenvalue weighted by atomic mass is 16.8. The Hall–Kier alpha value is -0.820. The molecule has 25 heavy (non-hydrogen) atoms. The van der Waals surface area contributed by atoms with Crippen LogP contribution in [0.2, 0.25) is 0 Å². The molecule has 0 aromatic rings. The molecule has 2 aliphatic heterocycles. The number of rotatable bonds is 3. The molecule has 5 unspecified atom stereocenters. The second-order valence-corrected chi connectivity index (χ2v) is 7.08. The Morgan fingerprint density at radius 1 is 1.08 bits per heavy atom. The Morgan fingerprint density at radius 2 is 1.76 bits per heavy atom. The maximum absolute atomic E-state index is 10.7. The summed E-state index contributed by atoms with van der Waals surface area (Å²) >= 11 is 0. The first-order chi connectivity index (χ1) is 11.6. The quantitative estimate of drug-likeness (QED) is 0.267. The van der Waals surface area contributed by atoms with Crippen molar-refractivity contribution in [2.45, 2.75) is 67.6 Å². The van der Waals surface area contributed by atoms with E-state index in [2.05, 4.69) is 0 Å². The van der Waals surface area contributed by atoms with Crippen LogP contribution in [0, 0.1) is 5.92 Å². The third kappa shape index (κ3) is 2.97. The predicted molar refractivity (Wildman–Crippen MR) is 78.6 cm³/mol. The van der Waals surface area contributed by atoms with E-state index >= 15 is 0 Å². The van der Waals surface area contributed by atoms with Crippen molar-refractivity contribution in [1.29, 1.82) is 0 Å². The lowest BCUT2D eigenvalue weighted by atomic mass is 9.81. The van der Waals surface area contributed by atoms with E-state index < -0.39 is 66.8 Å². The molecule has 1 saturated heterocycles. The highest BCUT2D eigenvalue weighted by molar-refractivity contribution is 5.21. The van der Waals surface area contributed by atoms with Crippen molar-refractivity contribution in [3.05, 3.63) is 12.3 Å². The van der Waals surface area contributed by atoms with E-state index in [0.29, 0.717) is 0 Å². The topological polar surface area (TPSA) is 169 Å². The summed E-state index contributed by atoms with van der Waals surface area (Å²) in [7, 11) is 0. The molecule has 10 atom stereocenters. The number of aliphatic hydroxyl groups excluding tert-OH is 5. The van der Waals surface area contributed by atoms with Gasteiger partial charge < -0.3 is 50.0 Å². The lowest BCUT2D eigenvalue weighted by Gasteiger charge is -2.45. The maximum Gasteiger partial charge on any atom is 0.210 e. The summed E-state index contributed by atoms with van der Waals surface area (Å²) in [6.45, 7) is 0.783. The van der Waals surface area contributed by atoms with Gasteiger partial charge in [-0.15, -0.1) is 0 Å². The summed E-state index contributed by atoms with van der Waals surface area (Å²) in [5.74, 6) is -1.10. The molecule has 0 radical (unpaired) electrons. The summed E-state index contributed by atoms with van der Waals surface area (Å²) in [5, 5.41) is 70.2. The van der Waals surface area contributed by atoms with Gasteiger partial charge in [0.05, 0.1) is 30.5 Å². The van der Waals surface area contributed by atoms with Gasteiger partial charge in [0, 0.05) is 6.42 Å². The van der Waals surface area contributed by atoms with Crippen LogP contribution in [-0.2, 0) is 14.2 Å². The third-order valence-corrected chi connectivity index (χ3v) is 5.25. The summed E-state index contributed by atoms with van der Waals surface area (Å²) in [5.41, 5.74) is -3.35. The van der Waals surface area contributed by atoms with Crippen molar-refractivity contribution in [3.8, 4) is 0 Å². The molecular formula is C15H24O10. The average molecular weight is 364 g/mol. The summed E-state index contributed by atoms with van der Waals surface area (Å²) in [6, 6.07) is 0. The SMILES string of the molecule is C[C@]1(O)CC(O)C2(O)C=COC(OC3O[C@H](CO)[C@@H](O)[C@H](O)[C@H]3O)C21. The van der Waals surface area contributed by atoms with Crippen molar-refractivity contribution in [2.75, 3.05) is 6.61 Å². The number of fused-ring (bicyclic) bond motifs is 1. The van der Waals surface area contributed by atoms with Crippen LogP contribution in [0.1, 0.15) is 13.3 Å². The van der Waals surface area contributed by atoms with Gasteiger partial charge in [0.1, 0.15) is 30.0 Å². The van der Waals surface area contributed by atoms with Gasteiger partial charge in [-0.25, -0.2) is 0 Å². The number of ether oxygens (including phenoxy) is 3. The van der Waals surface area contributed by atoms with Gasteiger partial charge in [-0.05, 0) is 13.0 Å². The van der Waals surface area contributed by atoms with Gasteiger partial charge >= 0.3 is 0 Å². The van der Waals surface area contributed by atoms with E-state index in [0.717, 1.165) is 6.26 Å². The van der Waals surface area contributed by atoms with Crippen LogP contribution in [0.15, 0.2) is 12.3 Å². The molecule has 10 nitrogen and oxygen atoms in total. The second-order valence-electron chi connectivity index (χ2n) is 7.08. The van der Waals surface area contributed by atoms with Crippen LogP contribution in [0.3, 0.4) is 0 Å². The van der Waals surface area contributed by atoms with Crippen molar-refractivity contribution in [2.24, 2.45) is 5.92 Å². The molecule has 3 rings (SSSR count). The van der Waals surface area contributed by atoms with Crippen LogP contribution >= 0.6 is 0 Å². The number of aliphatic hydroxyl groups is 7. The Labute approximate surface area is 143 Å². The van der Waals surface area contributed by atoms with E-state index in [1.807, 2.05) is 0 Å². The lowest BCUT2D eigenvalue weighted by Crippen LogP contribution is -2.61. The first kappa shape index (κ1) is 19.0. The zero-order valence-corrected chi connectivity index (χ0v) is 13.5.